The zero-order chi connectivity index (χ0) is 26.7. The van der Waals surface area contributed by atoms with Crippen LogP contribution in [-0.4, -0.2) is 36.9 Å². The van der Waals surface area contributed by atoms with Crippen molar-refractivity contribution in [2.24, 2.45) is 0 Å². The van der Waals surface area contributed by atoms with Crippen LogP contribution in [0.4, 0.5) is 11.4 Å². The molecule has 0 aliphatic carbocycles. The highest BCUT2D eigenvalue weighted by Crippen LogP contribution is 2.44. The third-order valence-corrected chi connectivity index (χ3v) is 6.26. The minimum Gasteiger partial charge on any atom is -0.507 e. The molecule has 0 radical (unpaired) electrons. The SMILES string of the molecule is CCc1ccc(C2/C(=C(/O)c3ccc(OC)cc3OC)C(=O)C(=O)N2c2cccc(NC(C)=O)c2)cc1. The number of benzene rings is 3. The fourth-order valence-electron chi connectivity index (χ4n) is 4.43. The molecule has 3 aromatic rings. The van der Waals surface area contributed by atoms with Crippen LogP contribution in [0, 0.1) is 0 Å². The lowest BCUT2D eigenvalue weighted by molar-refractivity contribution is -0.132. The van der Waals surface area contributed by atoms with Crippen LogP contribution < -0.4 is 19.7 Å². The molecule has 3 aromatic carbocycles. The van der Waals surface area contributed by atoms with Crippen LogP contribution in [0.2, 0.25) is 0 Å². The summed E-state index contributed by atoms with van der Waals surface area (Å²) in [4.78, 5) is 39.8. The van der Waals surface area contributed by atoms with Crippen molar-refractivity contribution in [3.8, 4) is 11.5 Å². The van der Waals surface area contributed by atoms with E-state index in [0.717, 1.165) is 12.0 Å². The largest absolute Gasteiger partial charge is 0.507 e. The first-order valence-electron chi connectivity index (χ1n) is 11.8. The van der Waals surface area contributed by atoms with Gasteiger partial charge >= 0.3 is 0 Å². The number of carbonyl (C=O) groups excluding carboxylic acids is 3. The Morgan fingerprint density at radius 3 is 2.35 bits per heavy atom. The summed E-state index contributed by atoms with van der Waals surface area (Å²) in [5.74, 6) is -1.45. The van der Waals surface area contributed by atoms with Crippen LogP contribution in [0.15, 0.2) is 72.3 Å². The number of ether oxygens (including phenoxy) is 2. The molecule has 0 spiro atoms. The first-order valence-corrected chi connectivity index (χ1v) is 11.8. The van der Waals surface area contributed by atoms with E-state index >= 15 is 0 Å². The van der Waals surface area contributed by atoms with Gasteiger partial charge in [0.1, 0.15) is 17.3 Å². The quantitative estimate of drug-likeness (QED) is 0.273. The molecule has 1 heterocycles. The fourth-order valence-corrected chi connectivity index (χ4v) is 4.43. The summed E-state index contributed by atoms with van der Waals surface area (Å²) in [5.41, 5.74) is 2.80. The molecule has 8 nitrogen and oxygen atoms in total. The highest BCUT2D eigenvalue weighted by Gasteiger charge is 2.47. The lowest BCUT2D eigenvalue weighted by Gasteiger charge is -2.26. The number of anilines is 2. The molecule has 0 saturated carbocycles. The molecule has 1 aliphatic heterocycles. The first kappa shape index (κ1) is 25.5. The second-order valence-electron chi connectivity index (χ2n) is 8.56. The number of aliphatic hydroxyl groups is 1. The number of nitrogens with one attached hydrogen (secondary N) is 1. The van der Waals surface area contributed by atoms with E-state index in [9.17, 15) is 19.5 Å². The van der Waals surface area contributed by atoms with Gasteiger partial charge in [-0.3, -0.25) is 19.3 Å². The van der Waals surface area contributed by atoms with Crippen LogP contribution in [0.25, 0.3) is 5.76 Å². The van der Waals surface area contributed by atoms with Gasteiger partial charge in [0, 0.05) is 24.4 Å². The molecule has 0 bridgehead atoms. The second-order valence-corrected chi connectivity index (χ2v) is 8.56. The van der Waals surface area contributed by atoms with E-state index in [1.54, 1.807) is 42.5 Å². The van der Waals surface area contributed by atoms with Crippen molar-refractivity contribution in [3.63, 3.8) is 0 Å². The van der Waals surface area contributed by atoms with E-state index in [2.05, 4.69) is 5.32 Å². The van der Waals surface area contributed by atoms with E-state index < -0.39 is 17.7 Å². The molecule has 1 unspecified atom stereocenters. The summed E-state index contributed by atoms with van der Waals surface area (Å²) in [6.07, 6.45) is 0.822. The number of ketones is 1. The topological polar surface area (TPSA) is 105 Å². The number of rotatable bonds is 7. The average Bonchev–Trinajstić information content (AvgIpc) is 3.17. The highest BCUT2D eigenvalue weighted by atomic mass is 16.5. The Morgan fingerprint density at radius 1 is 1.00 bits per heavy atom. The predicted octanol–water partition coefficient (Wildman–Crippen LogP) is 4.85. The Hall–Kier alpha value is -4.59. The van der Waals surface area contributed by atoms with Gasteiger partial charge in [0.2, 0.25) is 5.91 Å². The lowest BCUT2D eigenvalue weighted by Crippen LogP contribution is -2.29. The smallest absolute Gasteiger partial charge is 0.300 e. The summed E-state index contributed by atoms with van der Waals surface area (Å²) < 4.78 is 10.7. The number of hydrogen-bond donors (Lipinski definition) is 2. The van der Waals surface area contributed by atoms with Gasteiger partial charge in [0.25, 0.3) is 11.7 Å². The Bertz CT molecular complexity index is 1390. The first-order chi connectivity index (χ1) is 17.8. The van der Waals surface area contributed by atoms with Crippen molar-refractivity contribution in [2.45, 2.75) is 26.3 Å². The van der Waals surface area contributed by atoms with E-state index in [0.29, 0.717) is 22.7 Å². The van der Waals surface area contributed by atoms with Crippen molar-refractivity contribution in [2.75, 3.05) is 24.4 Å². The van der Waals surface area contributed by atoms with Gasteiger partial charge in [-0.1, -0.05) is 37.3 Å². The molecule has 190 valence electrons. The van der Waals surface area contributed by atoms with Gasteiger partial charge in [-0.2, -0.15) is 0 Å². The van der Waals surface area contributed by atoms with E-state index in [-0.39, 0.29) is 28.6 Å². The Balaban J connectivity index is 1.94. The third-order valence-electron chi connectivity index (χ3n) is 6.26. The average molecular weight is 501 g/mol. The maximum Gasteiger partial charge on any atom is 0.300 e. The Morgan fingerprint density at radius 2 is 1.73 bits per heavy atom. The fraction of sp³-hybridized carbons (Fsp3) is 0.207. The predicted molar refractivity (Wildman–Crippen MR) is 141 cm³/mol. The number of nitrogens with zero attached hydrogens (tertiary/aromatic N) is 1. The van der Waals surface area contributed by atoms with Crippen LogP contribution >= 0.6 is 0 Å². The Kier molecular flexibility index (Phi) is 7.29. The Labute approximate surface area is 215 Å². The zero-order valence-electron chi connectivity index (χ0n) is 21.1. The van der Waals surface area contributed by atoms with Crippen LogP contribution in [0.1, 0.15) is 36.6 Å². The standard InChI is InChI=1S/C29H28N2O6/c1-5-18-9-11-19(12-10-18)26-25(27(33)23-14-13-22(36-3)16-24(23)37-4)28(34)29(35)31(26)21-8-6-7-20(15-21)30-17(2)32/h6-16,26,33H,5H2,1-4H3,(H,30,32)/b27-25-. The zero-order valence-corrected chi connectivity index (χ0v) is 21.1. The summed E-state index contributed by atoms with van der Waals surface area (Å²) >= 11 is 0. The van der Waals surface area contributed by atoms with Crippen molar-refractivity contribution >= 4 is 34.7 Å². The summed E-state index contributed by atoms with van der Waals surface area (Å²) in [7, 11) is 2.95. The number of Topliss-reactive ketones (excluding diaryl/α,β-unsaturated/α-hetero) is 1. The number of carbonyl (C=O) groups is 3. The van der Waals surface area contributed by atoms with Crippen LogP contribution in [-0.2, 0) is 20.8 Å². The van der Waals surface area contributed by atoms with Crippen molar-refractivity contribution in [1.82, 2.24) is 0 Å². The van der Waals surface area contributed by atoms with Crippen LogP contribution in [0.5, 0.6) is 11.5 Å². The van der Waals surface area contributed by atoms with E-state index in [4.69, 9.17) is 9.47 Å². The van der Waals surface area contributed by atoms with Crippen LogP contribution in [0.3, 0.4) is 0 Å². The molecule has 4 rings (SSSR count). The number of amides is 2. The number of aliphatic hydroxyl groups excluding tert-OH is 1. The molecule has 2 amide bonds. The minimum atomic E-state index is -0.912. The normalized spacial score (nSPS) is 16.5. The highest BCUT2D eigenvalue weighted by molar-refractivity contribution is 6.51. The van der Waals surface area contributed by atoms with Gasteiger partial charge in [0.05, 0.1) is 31.4 Å². The van der Waals surface area contributed by atoms with Crippen molar-refractivity contribution < 1.29 is 29.0 Å². The molecule has 1 aliphatic rings. The number of methoxy groups -OCH3 is 2. The van der Waals surface area contributed by atoms with E-state index in [1.807, 2.05) is 31.2 Å². The third kappa shape index (κ3) is 4.91. The number of hydrogen-bond acceptors (Lipinski definition) is 6. The molecule has 1 atom stereocenters. The summed E-state index contributed by atoms with van der Waals surface area (Å²) in [6.45, 7) is 3.42. The molecule has 0 aromatic heterocycles. The van der Waals surface area contributed by atoms with Gasteiger partial charge in [-0.25, -0.2) is 0 Å². The van der Waals surface area contributed by atoms with Crippen molar-refractivity contribution in [3.05, 3.63) is 89.0 Å². The molecular weight excluding hydrogens is 472 g/mol. The molecular formula is C29H28N2O6. The lowest BCUT2D eigenvalue weighted by atomic mass is 9.94. The van der Waals surface area contributed by atoms with E-state index in [1.165, 1.54) is 26.0 Å². The molecule has 2 N–H and O–H groups in total. The van der Waals surface area contributed by atoms with Gasteiger partial charge in [-0.15, -0.1) is 0 Å². The molecule has 37 heavy (non-hydrogen) atoms. The molecule has 1 saturated heterocycles. The van der Waals surface area contributed by atoms with Crippen molar-refractivity contribution in [1.29, 1.82) is 0 Å². The molecule has 1 fully saturated rings. The summed E-state index contributed by atoms with van der Waals surface area (Å²) in [6, 6.07) is 18.1. The molecule has 8 heteroatoms. The minimum absolute atomic E-state index is 0.0670. The number of aryl methyl sites for hydroxylation is 1. The second kappa shape index (κ2) is 10.6. The van der Waals surface area contributed by atoms with Gasteiger partial charge in [0.15, 0.2) is 0 Å². The maximum absolute atomic E-state index is 13.5. The maximum atomic E-state index is 13.5. The summed E-state index contributed by atoms with van der Waals surface area (Å²) in [5, 5.41) is 14.2. The van der Waals surface area contributed by atoms with Gasteiger partial charge in [-0.05, 0) is 47.9 Å². The van der Waals surface area contributed by atoms with Gasteiger partial charge < -0.3 is 19.9 Å². The monoisotopic (exact) mass is 500 g/mol.